The highest BCUT2D eigenvalue weighted by Gasteiger charge is 2.10. The van der Waals surface area contributed by atoms with Crippen LogP contribution in [0.25, 0.3) is 5.69 Å². The van der Waals surface area contributed by atoms with Crippen LogP contribution in [0, 0.1) is 0 Å². The highest BCUT2D eigenvalue weighted by Crippen LogP contribution is 2.18. The molecule has 76 valence electrons. The second kappa shape index (κ2) is 4.00. The number of nitrogens with zero attached hydrogens (tertiary/aromatic N) is 3. The lowest BCUT2D eigenvalue weighted by Gasteiger charge is -2.00. The predicted octanol–water partition coefficient (Wildman–Crippen LogP) is 2.39. The molecule has 0 saturated carbocycles. The summed E-state index contributed by atoms with van der Waals surface area (Å²) < 4.78 is 1.36. The molecule has 0 saturated heterocycles. The zero-order chi connectivity index (χ0) is 10.8. The normalized spacial score (nSPS) is 10.3. The molecule has 6 heteroatoms. The Labute approximate surface area is 95.4 Å². The first-order valence-electron chi connectivity index (χ1n) is 4.04. The Morgan fingerprint density at radius 3 is 2.40 bits per heavy atom. The molecule has 0 atom stereocenters. The number of rotatable bonds is 2. The molecule has 0 amide bonds. The Hall–Kier alpha value is -1.39. The van der Waals surface area contributed by atoms with Crippen LogP contribution in [0.4, 0.5) is 0 Å². The van der Waals surface area contributed by atoms with E-state index in [9.17, 15) is 4.79 Å². The van der Waals surface area contributed by atoms with Crippen molar-refractivity contribution in [2.24, 2.45) is 0 Å². The van der Waals surface area contributed by atoms with Gasteiger partial charge in [-0.1, -0.05) is 28.4 Å². The van der Waals surface area contributed by atoms with Crippen LogP contribution in [0.2, 0.25) is 10.2 Å². The molecule has 0 N–H and O–H groups in total. The fourth-order valence-corrected chi connectivity index (χ4v) is 1.44. The van der Waals surface area contributed by atoms with Crippen LogP contribution < -0.4 is 0 Å². The third kappa shape index (κ3) is 1.86. The summed E-state index contributed by atoms with van der Waals surface area (Å²) in [5.41, 5.74) is 0.816. The molecular formula is C9H5Cl2N3O. The summed E-state index contributed by atoms with van der Waals surface area (Å²) in [7, 11) is 0. The fraction of sp³-hybridized carbons (Fsp3) is 0. The number of hydrogen-bond donors (Lipinski definition) is 0. The van der Waals surface area contributed by atoms with Gasteiger partial charge in [-0.2, -0.15) is 0 Å². The zero-order valence-electron chi connectivity index (χ0n) is 7.39. The van der Waals surface area contributed by atoms with Crippen LogP contribution >= 0.6 is 23.2 Å². The van der Waals surface area contributed by atoms with Gasteiger partial charge in [0.1, 0.15) is 0 Å². The summed E-state index contributed by atoms with van der Waals surface area (Å²) in [6.45, 7) is 0. The molecule has 1 heterocycles. The largest absolute Gasteiger partial charge is 0.296 e. The van der Waals surface area contributed by atoms with E-state index in [2.05, 4.69) is 10.3 Å². The van der Waals surface area contributed by atoms with Gasteiger partial charge in [-0.25, -0.2) is 4.68 Å². The number of halogens is 2. The lowest BCUT2D eigenvalue weighted by atomic mass is 10.3. The lowest BCUT2D eigenvalue weighted by Crippen LogP contribution is -1.96. The van der Waals surface area contributed by atoms with Gasteiger partial charge in [-0.3, -0.25) is 4.79 Å². The lowest BCUT2D eigenvalue weighted by molar-refractivity contribution is 0.111. The molecule has 0 fully saturated rings. The highest BCUT2D eigenvalue weighted by molar-refractivity contribution is 6.32. The quantitative estimate of drug-likeness (QED) is 0.759. The van der Waals surface area contributed by atoms with Gasteiger partial charge in [0, 0.05) is 5.02 Å². The first-order chi connectivity index (χ1) is 7.22. The average molecular weight is 242 g/mol. The number of benzene rings is 1. The Morgan fingerprint density at radius 1 is 1.20 bits per heavy atom. The minimum absolute atomic E-state index is 0.117. The van der Waals surface area contributed by atoms with Crippen LogP contribution in [-0.4, -0.2) is 21.3 Å². The van der Waals surface area contributed by atoms with Gasteiger partial charge in [0.05, 0.1) is 5.69 Å². The van der Waals surface area contributed by atoms with Crippen molar-refractivity contribution in [3.63, 3.8) is 0 Å². The monoisotopic (exact) mass is 241 g/mol. The summed E-state index contributed by atoms with van der Waals surface area (Å²) in [5, 5.41) is 8.16. The van der Waals surface area contributed by atoms with Crippen molar-refractivity contribution >= 4 is 29.5 Å². The molecule has 0 aliphatic heterocycles. The standard InChI is InChI=1S/C9H5Cl2N3O/c10-6-1-3-7(4-2-6)14-9(11)8(5-15)12-13-14/h1-5H. The van der Waals surface area contributed by atoms with E-state index in [-0.39, 0.29) is 10.8 Å². The number of carbonyl (C=O) groups is 1. The molecule has 0 spiro atoms. The van der Waals surface area contributed by atoms with Crippen LogP contribution in [0.3, 0.4) is 0 Å². The summed E-state index contributed by atoms with van der Waals surface area (Å²) in [6.07, 6.45) is 0.557. The second-order valence-corrected chi connectivity index (χ2v) is 3.57. The highest BCUT2D eigenvalue weighted by atomic mass is 35.5. The Balaban J connectivity index is 2.49. The number of hydrogen-bond acceptors (Lipinski definition) is 3. The minimum Gasteiger partial charge on any atom is -0.296 e. The maximum absolute atomic E-state index is 10.5. The smallest absolute Gasteiger partial charge is 0.173 e. The van der Waals surface area contributed by atoms with Gasteiger partial charge in [-0.15, -0.1) is 5.10 Å². The molecule has 2 aromatic rings. The number of aromatic nitrogens is 3. The topological polar surface area (TPSA) is 47.8 Å². The van der Waals surface area contributed by atoms with Crippen molar-refractivity contribution in [2.75, 3.05) is 0 Å². The van der Waals surface area contributed by atoms with Crippen LogP contribution in [0.5, 0.6) is 0 Å². The van der Waals surface area contributed by atoms with Crippen molar-refractivity contribution in [3.8, 4) is 5.69 Å². The predicted molar refractivity (Wildman–Crippen MR) is 56.8 cm³/mol. The van der Waals surface area contributed by atoms with Gasteiger partial charge in [-0.05, 0) is 24.3 Å². The van der Waals surface area contributed by atoms with Gasteiger partial charge in [0.2, 0.25) is 0 Å². The molecule has 2 rings (SSSR count). The van der Waals surface area contributed by atoms with Crippen LogP contribution in [0.15, 0.2) is 24.3 Å². The van der Waals surface area contributed by atoms with Crippen molar-refractivity contribution < 1.29 is 4.79 Å². The molecule has 0 radical (unpaired) electrons. The second-order valence-electron chi connectivity index (χ2n) is 2.77. The van der Waals surface area contributed by atoms with Crippen molar-refractivity contribution in [3.05, 3.63) is 40.1 Å². The number of aldehydes is 1. The van der Waals surface area contributed by atoms with E-state index in [0.717, 1.165) is 0 Å². The molecule has 4 nitrogen and oxygen atoms in total. The van der Waals surface area contributed by atoms with Gasteiger partial charge < -0.3 is 0 Å². The Bertz CT molecular complexity index is 493. The zero-order valence-corrected chi connectivity index (χ0v) is 8.90. The van der Waals surface area contributed by atoms with Crippen molar-refractivity contribution in [1.29, 1.82) is 0 Å². The van der Waals surface area contributed by atoms with E-state index < -0.39 is 0 Å². The summed E-state index contributed by atoms with van der Waals surface area (Å²) in [5.74, 6) is 0. The molecular weight excluding hydrogens is 237 g/mol. The van der Waals surface area contributed by atoms with Gasteiger partial charge in [0.15, 0.2) is 17.1 Å². The molecule has 0 aliphatic carbocycles. The van der Waals surface area contributed by atoms with E-state index in [1.54, 1.807) is 24.3 Å². The molecule has 1 aromatic heterocycles. The molecule has 0 unspecified atom stereocenters. The van der Waals surface area contributed by atoms with Gasteiger partial charge in [0.25, 0.3) is 0 Å². The fourth-order valence-electron chi connectivity index (χ4n) is 1.10. The summed E-state index contributed by atoms with van der Waals surface area (Å²) in [6, 6.07) is 6.87. The third-order valence-corrected chi connectivity index (χ3v) is 2.43. The number of carbonyl (C=O) groups excluding carboxylic acids is 1. The van der Waals surface area contributed by atoms with Crippen molar-refractivity contribution in [2.45, 2.75) is 0 Å². The SMILES string of the molecule is O=Cc1nnn(-c2ccc(Cl)cc2)c1Cl. The molecule has 0 bridgehead atoms. The molecule has 15 heavy (non-hydrogen) atoms. The average Bonchev–Trinajstić information content (AvgIpc) is 2.61. The maximum atomic E-state index is 10.5. The first-order valence-corrected chi connectivity index (χ1v) is 4.80. The van der Waals surface area contributed by atoms with E-state index in [4.69, 9.17) is 23.2 Å². The van der Waals surface area contributed by atoms with Crippen molar-refractivity contribution in [1.82, 2.24) is 15.0 Å². The molecule has 0 aliphatic rings. The Kier molecular flexibility index (Phi) is 2.70. The summed E-state index contributed by atoms with van der Waals surface area (Å²) in [4.78, 5) is 10.5. The Morgan fingerprint density at radius 2 is 1.87 bits per heavy atom. The van der Waals surface area contributed by atoms with E-state index in [1.807, 2.05) is 0 Å². The summed E-state index contributed by atoms with van der Waals surface area (Å²) >= 11 is 11.6. The third-order valence-electron chi connectivity index (χ3n) is 1.82. The molecule has 1 aromatic carbocycles. The minimum atomic E-state index is 0.117. The van der Waals surface area contributed by atoms with E-state index >= 15 is 0 Å². The van der Waals surface area contributed by atoms with E-state index in [1.165, 1.54) is 4.68 Å². The van der Waals surface area contributed by atoms with E-state index in [0.29, 0.717) is 17.0 Å². The van der Waals surface area contributed by atoms with Gasteiger partial charge >= 0.3 is 0 Å². The first kappa shape index (κ1) is 10.1. The van der Waals surface area contributed by atoms with Crippen LogP contribution in [-0.2, 0) is 0 Å². The maximum Gasteiger partial charge on any atom is 0.173 e. The van der Waals surface area contributed by atoms with Crippen LogP contribution in [0.1, 0.15) is 10.5 Å².